The molecule has 2 aromatic carbocycles. The second kappa shape index (κ2) is 11.2. The van der Waals surface area contributed by atoms with Gasteiger partial charge < -0.3 is 54.7 Å². The van der Waals surface area contributed by atoms with Crippen molar-refractivity contribution in [2.45, 2.75) is 55.6 Å². The highest BCUT2D eigenvalue weighted by Gasteiger charge is 2.45. The molecule has 0 unspecified atom stereocenters. The van der Waals surface area contributed by atoms with Crippen LogP contribution < -0.4 is 9.47 Å². The van der Waals surface area contributed by atoms with Gasteiger partial charge in [0.2, 0.25) is 0 Å². The van der Waals surface area contributed by atoms with Gasteiger partial charge in [0.25, 0.3) is 0 Å². The number of hydrogen-bond donors (Lipinski definition) is 7. The van der Waals surface area contributed by atoms with Gasteiger partial charge in [-0.25, -0.2) is 0 Å². The number of hydrogen-bond acceptors (Lipinski definition) is 11. The molecule has 2 aliphatic heterocycles. The van der Waals surface area contributed by atoms with E-state index in [4.69, 9.17) is 18.9 Å². The number of benzene rings is 2. The van der Waals surface area contributed by atoms with E-state index < -0.39 is 49.3 Å². The van der Waals surface area contributed by atoms with Crippen LogP contribution in [0.25, 0.3) is 0 Å². The number of methoxy groups -OCH3 is 1. The zero-order valence-electron chi connectivity index (χ0n) is 19.7. The van der Waals surface area contributed by atoms with E-state index in [2.05, 4.69) is 0 Å². The van der Waals surface area contributed by atoms with E-state index in [1.807, 2.05) is 6.07 Å². The van der Waals surface area contributed by atoms with Gasteiger partial charge in [-0.2, -0.15) is 0 Å². The Bertz CT molecular complexity index is 1040. The van der Waals surface area contributed by atoms with Gasteiger partial charge in [0.05, 0.1) is 26.2 Å². The standard InChI is InChI=1S/C25H32O11/c1-33-18-9-13(4-5-16(18)28)23-15(11-34-25-22(32)21(31)20(30)19(10-27)35-25)14-7-12(3-2-6-26)8-17(29)24(14)36-23/h4-5,7-9,15,19-23,25-32H,2-3,6,10-11H2,1H3/t15-,19+,20+,21-,22+,23-,25+/m0/s1. The summed E-state index contributed by atoms with van der Waals surface area (Å²) >= 11 is 0. The molecule has 2 heterocycles. The average molecular weight is 509 g/mol. The number of phenols is 2. The minimum absolute atomic E-state index is 0.00603. The van der Waals surface area contributed by atoms with Crippen LogP contribution in [0.5, 0.6) is 23.0 Å². The van der Waals surface area contributed by atoms with Crippen molar-refractivity contribution in [1.82, 2.24) is 0 Å². The lowest BCUT2D eigenvalue weighted by Crippen LogP contribution is -2.59. The van der Waals surface area contributed by atoms with Crippen molar-refractivity contribution in [3.63, 3.8) is 0 Å². The fourth-order valence-corrected chi connectivity index (χ4v) is 4.65. The number of aliphatic hydroxyl groups is 5. The highest BCUT2D eigenvalue weighted by Crippen LogP contribution is 2.51. The Morgan fingerprint density at radius 3 is 2.42 bits per heavy atom. The third-order valence-corrected chi connectivity index (χ3v) is 6.61. The number of aryl methyl sites for hydroxylation is 1. The van der Waals surface area contributed by atoms with Crippen LogP contribution in [0.15, 0.2) is 30.3 Å². The van der Waals surface area contributed by atoms with Crippen LogP contribution in [0.3, 0.4) is 0 Å². The Morgan fingerprint density at radius 1 is 0.944 bits per heavy atom. The summed E-state index contributed by atoms with van der Waals surface area (Å²) in [7, 11) is 1.42. The van der Waals surface area contributed by atoms with Gasteiger partial charge in [-0.3, -0.25) is 0 Å². The number of phenolic OH excluding ortho intramolecular Hbond substituents is 2. The molecule has 0 aliphatic carbocycles. The molecule has 198 valence electrons. The molecular weight excluding hydrogens is 476 g/mol. The van der Waals surface area contributed by atoms with E-state index in [9.17, 15) is 35.7 Å². The molecule has 2 aliphatic rings. The number of aliphatic hydroxyl groups excluding tert-OH is 5. The number of aromatic hydroxyl groups is 2. The molecule has 0 amide bonds. The highest BCUT2D eigenvalue weighted by molar-refractivity contribution is 5.55. The fraction of sp³-hybridized carbons (Fsp3) is 0.520. The lowest BCUT2D eigenvalue weighted by Gasteiger charge is -2.40. The summed E-state index contributed by atoms with van der Waals surface area (Å²) in [6.07, 6.45) is -6.78. The Morgan fingerprint density at radius 2 is 1.72 bits per heavy atom. The van der Waals surface area contributed by atoms with Crippen LogP contribution in [0.4, 0.5) is 0 Å². The quantitative estimate of drug-likeness (QED) is 0.244. The first-order chi connectivity index (χ1) is 17.3. The topological polar surface area (TPSA) is 179 Å². The Kier molecular flexibility index (Phi) is 8.20. The van der Waals surface area contributed by atoms with Crippen LogP contribution >= 0.6 is 0 Å². The molecule has 0 bridgehead atoms. The molecular formula is C25H32O11. The molecule has 7 N–H and O–H groups in total. The molecule has 11 heteroatoms. The van der Waals surface area contributed by atoms with E-state index in [0.717, 1.165) is 5.56 Å². The van der Waals surface area contributed by atoms with Crippen molar-refractivity contribution in [3.8, 4) is 23.0 Å². The van der Waals surface area contributed by atoms with E-state index >= 15 is 0 Å². The minimum Gasteiger partial charge on any atom is -0.504 e. The Labute approximate surface area is 207 Å². The molecule has 0 aromatic heterocycles. The van der Waals surface area contributed by atoms with Crippen LogP contribution in [0, 0.1) is 0 Å². The summed E-state index contributed by atoms with van der Waals surface area (Å²) < 4.78 is 22.7. The lowest BCUT2D eigenvalue weighted by atomic mass is 9.90. The van der Waals surface area contributed by atoms with Crippen LogP contribution in [-0.2, 0) is 15.9 Å². The number of ether oxygens (including phenoxy) is 4. The van der Waals surface area contributed by atoms with Crippen LogP contribution in [-0.4, -0.2) is 93.4 Å². The number of rotatable bonds is 9. The summed E-state index contributed by atoms with van der Waals surface area (Å²) in [6.45, 7) is -0.682. The fourth-order valence-electron chi connectivity index (χ4n) is 4.65. The second-order valence-electron chi connectivity index (χ2n) is 8.97. The van der Waals surface area contributed by atoms with Gasteiger partial charge in [-0.15, -0.1) is 0 Å². The maximum absolute atomic E-state index is 10.7. The van der Waals surface area contributed by atoms with Gasteiger partial charge in [0, 0.05) is 12.2 Å². The summed E-state index contributed by atoms with van der Waals surface area (Å²) in [4.78, 5) is 0. The monoisotopic (exact) mass is 508 g/mol. The molecule has 36 heavy (non-hydrogen) atoms. The Balaban J connectivity index is 1.65. The molecule has 4 rings (SSSR count). The van der Waals surface area contributed by atoms with Gasteiger partial charge in [0.1, 0.15) is 30.5 Å². The summed E-state index contributed by atoms with van der Waals surface area (Å²) in [5, 5.41) is 69.9. The van der Waals surface area contributed by atoms with Gasteiger partial charge >= 0.3 is 0 Å². The van der Waals surface area contributed by atoms with Gasteiger partial charge in [-0.1, -0.05) is 12.1 Å². The molecule has 0 spiro atoms. The number of fused-ring (bicyclic) bond motifs is 1. The Hall–Kier alpha value is -2.64. The zero-order chi connectivity index (χ0) is 26.0. The SMILES string of the molecule is COc1cc([C@@H]2Oc3c(O)cc(CCCO)cc3[C@@H]2CO[C@@H]2O[C@H](CO)[C@@H](O)[C@H](O)[C@H]2O)ccc1O. The molecule has 1 fully saturated rings. The first kappa shape index (κ1) is 26.4. The van der Waals surface area contributed by atoms with Gasteiger partial charge in [-0.05, 0) is 42.2 Å². The molecule has 0 saturated carbocycles. The van der Waals surface area contributed by atoms with E-state index in [0.29, 0.717) is 24.0 Å². The minimum atomic E-state index is -1.58. The van der Waals surface area contributed by atoms with Crippen molar-refractivity contribution in [1.29, 1.82) is 0 Å². The first-order valence-corrected chi connectivity index (χ1v) is 11.7. The van der Waals surface area contributed by atoms with Crippen LogP contribution in [0.2, 0.25) is 0 Å². The predicted octanol–water partition coefficient (Wildman–Crippen LogP) is 0.0651. The smallest absolute Gasteiger partial charge is 0.186 e. The van der Waals surface area contributed by atoms with Gasteiger partial charge in [0.15, 0.2) is 29.3 Å². The van der Waals surface area contributed by atoms with E-state index in [1.165, 1.54) is 13.2 Å². The molecule has 11 nitrogen and oxygen atoms in total. The van der Waals surface area contributed by atoms with Crippen molar-refractivity contribution in [2.24, 2.45) is 0 Å². The maximum Gasteiger partial charge on any atom is 0.186 e. The third kappa shape index (κ3) is 5.09. The van der Waals surface area contributed by atoms with Crippen LogP contribution in [0.1, 0.15) is 35.1 Å². The van der Waals surface area contributed by atoms with Crippen molar-refractivity contribution < 1.29 is 54.7 Å². The molecule has 7 atom stereocenters. The second-order valence-corrected chi connectivity index (χ2v) is 8.97. The van der Waals surface area contributed by atoms with Crippen molar-refractivity contribution >= 4 is 0 Å². The molecule has 0 radical (unpaired) electrons. The molecule has 2 aromatic rings. The first-order valence-electron chi connectivity index (χ1n) is 11.7. The summed E-state index contributed by atoms with van der Waals surface area (Å²) in [5.41, 5.74) is 2.04. The summed E-state index contributed by atoms with van der Waals surface area (Å²) in [5.74, 6) is -0.177. The van der Waals surface area contributed by atoms with Crippen molar-refractivity contribution in [3.05, 3.63) is 47.0 Å². The zero-order valence-corrected chi connectivity index (χ0v) is 19.7. The molecule has 1 saturated heterocycles. The summed E-state index contributed by atoms with van der Waals surface area (Å²) in [6, 6.07) is 8.14. The normalized spacial score (nSPS) is 29.6. The maximum atomic E-state index is 10.7. The largest absolute Gasteiger partial charge is 0.504 e. The van der Waals surface area contributed by atoms with E-state index in [1.54, 1.807) is 18.2 Å². The van der Waals surface area contributed by atoms with E-state index in [-0.39, 0.29) is 36.2 Å². The average Bonchev–Trinajstić information content (AvgIpc) is 3.25. The predicted molar refractivity (Wildman–Crippen MR) is 124 cm³/mol. The highest BCUT2D eigenvalue weighted by atomic mass is 16.7. The lowest BCUT2D eigenvalue weighted by molar-refractivity contribution is -0.302. The third-order valence-electron chi connectivity index (χ3n) is 6.61. The van der Waals surface area contributed by atoms with Crippen molar-refractivity contribution in [2.75, 3.05) is 26.9 Å².